The molecule has 1 unspecified atom stereocenters. The number of nitrogens with one attached hydrogen (secondary N) is 2. The number of hydrogen-bond acceptors (Lipinski definition) is 6. The molecule has 1 saturated heterocycles. The van der Waals surface area contributed by atoms with E-state index in [0.29, 0.717) is 6.54 Å². The Morgan fingerprint density at radius 1 is 1.37 bits per heavy atom. The summed E-state index contributed by atoms with van der Waals surface area (Å²) in [4.78, 5) is 14.4. The number of carbonyl (C=O) groups excluding carboxylic acids is 1. The van der Waals surface area contributed by atoms with Crippen molar-refractivity contribution in [2.75, 3.05) is 46.5 Å². The van der Waals surface area contributed by atoms with Crippen LogP contribution in [0.1, 0.15) is 13.3 Å². The van der Waals surface area contributed by atoms with Gasteiger partial charge in [0.05, 0.1) is 26.4 Å². The molecule has 1 fully saturated rings. The van der Waals surface area contributed by atoms with Crippen LogP contribution in [-0.2, 0) is 19.6 Å². The fourth-order valence-electron chi connectivity index (χ4n) is 2.70. The molecule has 0 aromatic heterocycles. The normalized spacial score (nSPS) is 16.7. The zero-order chi connectivity index (χ0) is 19.9. The largest absolute Gasteiger partial charge is 0.495 e. The van der Waals surface area contributed by atoms with Gasteiger partial charge in [0.2, 0.25) is 15.9 Å². The maximum atomic E-state index is 12.6. The third-order valence-corrected chi connectivity index (χ3v) is 5.99. The molecule has 1 heterocycles. The van der Waals surface area contributed by atoms with Crippen LogP contribution in [0.3, 0.4) is 0 Å². The van der Waals surface area contributed by atoms with E-state index in [1.807, 2.05) is 0 Å². The lowest BCUT2D eigenvalue weighted by Crippen LogP contribution is -2.45. The van der Waals surface area contributed by atoms with Crippen molar-refractivity contribution in [3.63, 3.8) is 0 Å². The van der Waals surface area contributed by atoms with Gasteiger partial charge in [-0.2, -0.15) is 4.72 Å². The van der Waals surface area contributed by atoms with E-state index in [0.717, 1.165) is 39.3 Å². The van der Waals surface area contributed by atoms with Crippen molar-refractivity contribution in [2.45, 2.75) is 24.3 Å². The summed E-state index contributed by atoms with van der Waals surface area (Å²) in [5.74, 6) is -0.230. The van der Waals surface area contributed by atoms with E-state index in [4.69, 9.17) is 21.1 Å². The maximum Gasteiger partial charge on any atom is 0.245 e. The standard InChI is InChI=1S/C17H26ClN3O5S/c1-13(17(22)19-6-3-7-21-8-10-26-11-9-21)20-27(23,24)16-12-14(18)4-5-15(16)25-2/h4-5,12-13,20H,3,6-11H2,1-2H3,(H,19,22). The topological polar surface area (TPSA) is 97.0 Å². The lowest BCUT2D eigenvalue weighted by Gasteiger charge is -2.26. The molecular weight excluding hydrogens is 394 g/mol. The van der Waals surface area contributed by atoms with Crippen molar-refractivity contribution in [3.05, 3.63) is 23.2 Å². The minimum absolute atomic E-state index is 0.107. The van der Waals surface area contributed by atoms with Crippen molar-refractivity contribution in [3.8, 4) is 5.75 Å². The molecule has 1 amide bonds. The molecule has 1 atom stereocenters. The molecule has 0 aliphatic carbocycles. The molecule has 1 aromatic rings. The molecule has 27 heavy (non-hydrogen) atoms. The van der Waals surface area contributed by atoms with Crippen LogP contribution in [-0.4, -0.2) is 71.8 Å². The molecule has 0 bridgehead atoms. The Bertz CT molecular complexity index is 738. The summed E-state index contributed by atoms with van der Waals surface area (Å²) in [6.45, 7) is 6.09. The number of methoxy groups -OCH3 is 1. The van der Waals surface area contributed by atoms with Gasteiger partial charge in [-0.3, -0.25) is 9.69 Å². The van der Waals surface area contributed by atoms with Crippen LogP contribution < -0.4 is 14.8 Å². The van der Waals surface area contributed by atoms with Gasteiger partial charge in [0.15, 0.2) is 0 Å². The van der Waals surface area contributed by atoms with Gasteiger partial charge in [0, 0.05) is 24.7 Å². The van der Waals surface area contributed by atoms with Gasteiger partial charge in [0.1, 0.15) is 10.6 Å². The zero-order valence-electron chi connectivity index (χ0n) is 15.5. The van der Waals surface area contributed by atoms with Gasteiger partial charge < -0.3 is 14.8 Å². The van der Waals surface area contributed by atoms with Crippen LogP contribution in [0.2, 0.25) is 5.02 Å². The molecule has 0 radical (unpaired) electrons. The lowest BCUT2D eigenvalue weighted by atomic mass is 10.3. The number of sulfonamides is 1. The first kappa shape index (κ1) is 21.9. The number of morpholine rings is 1. The van der Waals surface area contributed by atoms with Crippen molar-refractivity contribution >= 4 is 27.5 Å². The van der Waals surface area contributed by atoms with Crippen LogP contribution in [0.5, 0.6) is 5.75 Å². The molecule has 1 aromatic carbocycles. The molecule has 10 heteroatoms. The first-order chi connectivity index (χ1) is 12.8. The number of ether oxygens (including phenoxy) is 2. The average Bonchev–Trinajstić information content (AvgIpc) is 2.65. The second-order valence-electron chi connectivity index (χ2n) is 6.24. The molecule has 1 aliphatic rings. The zero-order valence-corrected chi connectivity index (χ0v) is 17.1. The first-order valence-corrected chi connectivity index (χ1v) is 10.6. The third kappa shape index (κ3) is 6.62. The van der Waals surface area contributed by atoms with Crippen molar-refractivity contribution in [1.29, 1.82) is 0 Å². The average molecular weight is 420 g/mol. The molecule has 2 rings (SSSR count). The number of carbonyl (C=O) groups is 1. The second kappa shape index (κ2) is 10.2. The van der Waals surface area contributed by atoms with Crippen molar-refractivity contribution < 1.29 is 22.7 Å². The minimum atomic E-state index is -3.96. The summed E-state index contributed by atoms with van der Waals surface area (Å²) in [6, 6.07) is 3.36. The van der Waals surface area contributed by atoms with E-state index in [1.165, 1.54) is 32.2 Å². The summed E-state index contributed by atoms with van der Waals surface area (Å²) in [7, 11) is -2.59. The SMILES string of the molecule is COc1ccc(Cl)cc1S(=O)(=O)NC(C)C(=O)NCCCN1CCOCC1. The van der Waals surface area contributed by atoms with E-state index >= 15 is 0 Å². The Morgan fingerprint density at radius 3 is 2.74 bits per heavy atom. The van der Waals surface area contributed by atoms with Crippen molar-refractivity contribution in [1.82, 2.24) is 14.9 Å². The quantitative estimate of drug-likeness (QED) is 0.576. The van der Waals surface area contributed by atoms with Gasteiger partial charge in [0.25, 0.3) is 0 Å². The highest BCUT2D eigenvalue weighted by atomic mass is 35.5. The summed E-state index contributed by atoms with van der Waals surface area (Å²) < 4.78 is 37.9. The number of nitrogens with zero attached hydrogens (tertiary/aromatic N) is 1. The van der Waals surface area contributed by atoms with Gasteiger partial charge in [-0.15, -0.1) is 0 Å². The predicted octanol–water partition coefficient (Wildman–Crippen LogP) is 0.854. The van der Waals surface area contributed by atoms with E-state index in [2.05, 4.69) is 14.9 Å². The second-order valence-corrected chi connectivity index (χ2v) is 8.36. The van der Waals surface area contributed by atoms with Crippen LogP contribution in [0.4, 0.5) is 0 Å². The van der Waals surface area contributed by atoms with Gasteiger partial charge in [-0.25, -0.2) is 8.42 Å². The van der Waals surface area contributed by atoms with E-state index in [9.17, 15) is 13.2 Å². The molecule has 0 spiro atoms. The van der Waals surface area contributed by atoms with Gasteiger partial charge >= 0.3 is 0 Å². The van der Waals surface area contributed by atoms with E-state index in [1.54, 1.807) is 0 Å². The summed E-state index contributed by atoms with van der Waals surface area (Å²) in [6.07, 6.45) is 0.785. The van der Waals surface area contributed by atoms with Gasteiger partial charge in [-0.05, 0) is 38.1 Å². The van der Waals surface area contributed by atoms with Crippen LogP contribution in [0.25, 0.3) is 0 Å². The van der Waals surface area contributed by atoms with Crippen LogP contribution in [0, 0.1) is 0 Å². The highest BCUT2D eigenvalue weighted by molar-refractivity contribution is 7.89. The van der Waals surface area contributed by atoms with Gasteiger partial charge in [-0.1, -0.05) is 11.6 Å². The minimum Gasteiger partial charge on any atom is -0.495 e. The number of benzene rings is 1. The molecule has 8 nitrogen and oxygen atoms in total. The monoisotopic (exact) mass is 419 g/mol. The number of hydrogen-bond donors (Lipinski definition) is 2. The predicted molar refractivity (Wildman–Crippen MR) is 103 cm³/mol. The highest BCUT2D eigenvalue weighted by Crippen LogP contribution is 2.27. The Labute approximate surface area is 165 Å². The smallest absolute Gasteiger partial charge is 0.245 e. The molecule has 152 valence electrons. The highest BCUT2D eigenvalue weighted by Gasteiger charge is 2.25. The summed E-state index contributed by atoms with van der Waals surface area (Å²) in [5.41, 5.74) is 0. The molecule has 2 N–H and O–H groups in total. The molecular formula is C17H26ClN3O5S. The third-order valence-electron chi connectivity index (χ3n) is 4.19. The fraction of sp³-hybridized carbons (Fsp3) is 0.588. The number of halogens is 1. The number of rotatable bonds is 9. The van der Waals surface area contributed by atoms with E-state index < -0.39 is 16.1 Å². The molecule has 1 aliphatic heterocycles. The first-order valence-electron chi connectivity index (χ1n) is 8.77. The lowest BCUT2D eigenvalue weighted by molar-refractivity contribution is -0.122. The Hall–Kier alpha value is -1.39. The van der Waals surface area contributed by atoms with E-state index in [-0.39, 0.29) is 21.6 Å². The maximum absolute atomic E-state index is 12.6. The Balaban J connectivity index is 1.84. The Morgan fingerprint density at radius 2 is 2.07 bits per heavy atom. The molecule has 0 saturated carbocycles. The Kier molecular flexibility index (Phi) is 8.30. The van der Waals surface area contributed by atoms with Crippen LogP contribution in [0.15, 0.2) is 23.1 Å². The number of amides is 1. The van der Waals surface area contributed by atoms with Crippen molar-refractivity contribution in [2.24, 2.45) is 0 Å². The summed E-state index contributed by atoms with van der Waals surface area (Å²) in [5, 5.41) is 3.02. The fourth-order valence-corrected chi connectivity index (χ4v) is 4.34. The van der Waals surface area contributed by atoms with Crippen LogP contribution >= 0.6 is 11.6 Å². The summed E-state index contributed by atoms with van der Waals surface area (Å²) >= 11 is 5.89.